The minimum Gasteiger partial charge on any atom is -0.663 e. The summed E-state index contributed by atoms with van der Waals surface area (Å²) in [5, 5.41) is 36.4. The van der Waals surface area contributed by atoms with Gasteiger partial charge in [-0.15, -0.1) is 0 Å². The van der Waals surface area contributed by atoms with Gasteiger partial charge in [0, 0.05) is 18.8 Å². The third-order valence-corrected chi connectivity index (χ3v) is 4.71. The van der Waals surface area contributed by atoms with Crippen LogP contribution in [-0.4, -0.2) is 40.2 Å². The quantitative estimate of drug-likeness (QED) is 0.157. The number of aromatic hydroxyl groups is 2. The van der Waals surface area contributed by atoms with Crippen LogP contribution in [0.15, 0.2) is 35.7 Å². The summed E-state index contributed by atoms with van der Waals surface area (Å²) < 4.78 is 14.5. The average Bonchev–Trinajstić information content (AvgIpc) is 3.46. The van der Waals surface area contributed by atoms with Gasteiger partial charge in [0.2, 0.25) is 11.9 Å². The van der Waals surface area contributed by atoms with E-state index < -0.39 is 0 Å². The van der Waals surface area contributed by atoms with Gasteiger partial charge >= 0.3 is 0 Å². The second-order valence-electron chi connectivity index (χ2n) is 6.71. The van der Waals surface area contributed by atoms with E-state index in [1.54, 1.807) is 6.08 Å². The normalized spacial score (nSPS) is 12.0. The van der Waals surface area contributed by atoms with Crippen molar-refractivity contribution in [1.29, 1.82) is 0 Å². The van der Waals surface area contributed by atoms with Gasteiger partial charge in [-0.2, -0.15) is 36.3 Å². The monoisotopic (exact) mass is 1260 g/mol. The molecule has 0 unspecified atom stereocenters. The van der Waals surface area contributed by atoms with Gasteiger partial charge < -0.3 is 50.1 Å². The van der Waals surface area contributed by atoms with Crippen LogP contribution in [-0.2, 0) is 11.2 Å². The van der Waals surface area contributed by atoms with Crippen LogP contribution in [0.2, 0.25) is 0 Å². The molecule has 0 fully saturated rings. The van der Waals surface area contributed by atoms with Gasteiger partial charge in [-0.05, 0) is 6.08 Å². The largest absolute Gasteiger partial charge is 0.663 e. The summed E-state index contributed by atoms with van der Waals surface area (Å²) >= 11 is 0. The standard InChI is InChI=1S/C20H20N7O6.3Rf/c1-31-11-5-4-9(15(11)28)23-19-24-14(6-10-16(29)12(32-2)7-21-10)25-20(27-19)26-18-17(30)13(33-3)8-22-18;;;/h5,7-8,21-22,28-30H,1-4,6H2,(H2,23,24,25,26,27);;;/q-3;;;. The first-order valence-electron chi connectivity index (χ1n) is 9.40. The van der Waals surface area contributed by atoms with Gasteiger partial charge in [-0.1, -0.05) is 0 Å². The van der Waals surface area contributed by atoms with E-state index in [2.05, 4.69) is 56.9 Å². The number of ether oxygens (including phenoxy) is 3. The summed E-state index contributed by atoms with van der Waals surface area (Å²) in [7, 11) is 9.82. The molecule has 3 heterocycles. The minimum atomic E-state index is -0.224. The topological polar surface area (TPSA) is 183 Å². The van der Waals surface area contributed by atoms with E-state index in [0.29, 0.717) is 17.8 Å². The number of H-pyrrole nitrogens is 2. The van der Waals surface area contributed by atoms with Crippen LogP contribution in [0.5, 0.6) is 23.0 Å². The van der Waals surface area contributed by atoms with Crippen molar-refractivity contribution in [3.63, 3.8) is 0 Å². The van der Waals surface area contributed by atoms with Crippen LogP contribution in [0.4, 0.5) is 17.7 Å². The maximum atomic E-state index is 10.2. The van der Waals surface area contributed by atoms with E-state index in [1.807, 2.05) is 0 Å². The molecule has 0 saturated carbocycles. The maximum absolute atomic E-state index is 10.2. The minimum absolute atomic E-state index is 0. The van der Waals surface area contributed by atoms with Crippen LogP contribution in [0, 0.1) is 21.3 Å². The van der Waals surface area contributed by atoms with Crippen LogP contribution >= 0.6 is 0 Å². The van der Waals surface area contributed by atoms with Crippen molar-refractivity contribution in [2.75, 3.05) is 10.6 Å². The number of hydrogen-bond acceptors (Lipinski definition) is 11. The van der Waals surface area contributed by atoms with E-state index >= 15 is 0 Å². The molecule has 1 aliphatic carbocycles. The molecular weight excluding hydrogens is 1240 g/mol. The SMILES string of the molecule is [CH2-]OC1=CCC(Nc2nc(Cc3[nH]cc(O[CH2-])c3O)nc(Nc3[nH]cc(O[CH2-])c3O)n2)=C1O.[Rf].[Rf].[Rf]. The summed E-state index contributed by atoms with van der Waals surface area (Å²) in [6.45, 7) is 0. The number of aliphatic hydroxyl groups is 1. The average molecular weight is 1260 g/mol. The second-order valence-corrected chi connectivity index (χ2v) is 6.71. The van der Waals surface area contributed by atoms with E-state index in [4.69, 9.17) is 14.2 Å². The second kappa shape index (κ2) is 10.2. The molecule has 0 saturated heterocycles. The van der Waals surface area contributed by atoms with Gasteiger partial charge in [0.05, 0.1) is 17.8 Å². The Morgan fingerprint density at radius 1 is 0.833 bits per heavy atom. The molecule has 0 aromatic carbocycles. The number of aromatic nitrogens is 5. The Hall–Kier alpha value is -7.55. The number of aromatic amines is 2. The van der Waals surface area contributed by atoms with Gasteiger partial charge in [-0.25, -0.2) is 0 Å². The molecule has 1 aliphatic rings. The molecule has 180 valence electrons. The molecule has 0 spiro atoms. The van der Waals surface area contributed by atoms with E-state index in [0.717, 1.165) is 0 Å². The summed E-state index contributed by atoms with van der Waals surface area (Å²) in [6.07, 6.45) is 4.89. The van der Waals surface area contributed by atoms with Crippen molar-refractivity contribution >= 4 is 17.7 Å². The zero-order chi connectivity index (χ0) is 23.5. The zero-order valence-corrected chi connectivity index (χ0v) is 38.5. The molecule has 3 aromatic rings. The third kappa shape index (κ3) is 4.54. The van der Waals surface area contributed by atoms with E-state index in [-0.39, 0.29) is 64.5 Å². The van der Waals surface area contributed by atoms with Crippen molar-refractivity contribution in [3.05, 3.63) is 68.5 Å². The van der Waals surface area contributed by atoms with E-state index in [1.165, 1.54) is 12.4 Å². The van der Waals surface area contributed by atoms with Gasteiger partial charge in [0.1, 0.15) is 23.1 Å². The van der Waals surface area contributed by atoms with Gasteiger partial charge in [0.15, 0.2) is 23.1 Å². The number of allylic oxidation sites excluding steroid dienone is 1. The first-order chi connectivity index (χ1) is 15.9. The number of nitrogens with one attached hydrogen (secondary N) is 4. The summed E-state index contributed by atoms with van der Waals surface area (Å²) in [5.41, 5.74) is 0.771. The number of rotatable bonds is 9. The Labute approximate surface area is 187 Å². The molecule has 3 aromatic heterocycles. The Morgan fingerprint density at radius 3 is 2.00 bits per heavy atom. The molecule has 0 bridgehead atoms. The molecule has 4 rings (SSSR count). The molecule has 0 amide bonds. The molecule has 0 atom stereocenters. The Kier molecular flexibility index (Phi) is 7.48. The van der Waals surface area contributed by atoms with Crippen molar-refractivity contribution in [3.8, 4) is 23.0 Å². The predicted octanol–water partition coefficient (Wildman–Crippen LogP) is 2.89. The summed E-state index contributed by atoms with van der Waals surface area (Å²) in [4.78, 5) is 18.6. The summed E-state index contributed by atoms with van der Waals surface area (Å²) in [6, 6.07) is 0. The Morgan fingerprint density at radius 2 is 1.44 bits per heavy atom. The first kappa shape index (κ1) is 26.5. The third-order valence-electron chi connectivity index (χ3n) is 4.71. The molecule has 13 nitrogen and oxygen atoms in total. The maximum Gasteiger partial charge on any atom is 0.233 e. The van der Waals surface area contributed by atoms with Crippen LogP contribution in [0.3, 0.4) is 0 Å². The van der Waals surface area contributed by atoms with Crippen LogP contribution in [0.1, 0.15) is 17.9 Å². The summed E-state index contributed by atoms with van der Waals surface area (Å²) in [5.74, 6) is 0.558. The van der Waals surface area contributed by atoms with Crippen molar-refractivity contribution in [1.82, 2.24) is 24.9 Å². The number of aliphatic hydroxyl groups excluding tert-OH is 1. The molecule has 36 heavy (non-hydrogen) atoms. The molecule has 0 aliphatic heterocycles. The fraction of sp³-hybridized carbons (Fsp3) is 0.100. The number of nitrogens with zero attached hydrogens (tertiary/aromatic N) is 3. The smallest absolute Gasteiger partial charge is 0.233 e. The number of hydrogen-bond donors (Lipinski definition) is 7. The zero-order valence-electron chi connectivity index (χ0n) is 19.3. The van der Waals surface area contributed by atoms with Gasteiger partial charge in [0.25, 0.3) is 0 Å². The van der Waals surface area contributed by atoms with Crippen molar-refractivity contribution < 1.29 is 29.5 Å². The van der Waals surface area contributed by atoms with E-state index in [9.17, 15) is 15.3 Å². The molecule has 7 N–H and O–H groups in total. The fourth-order valence-electron chi connectivity index (χ4n) is 3.08. The number of anilines is 3. The van der Waals surface area contributed by atoms with Gasteiger partial charge in [-0.3, -0.25) is 0 Å². The van der Waals surface area contributed by atoms with Crippen LogP contribution < -0.4 is 20.1 Å². The first-order valence-corrected chi connectivity index (χ1v) is 9.40. The Balaban J connectivity index is 0.00000216. The molecule has 0 radical (unpaired) electrons. The molecule has 16 heteroatoms. The van der Waals surface area contributed by atoms with Crippen molar-refractivity contribution in [2.24, 2.45) is 0 Å². The van der Waals surface area contributed by atoms with Crippen molar-refractivity contribution in [2.45, 2.75) is 12.8 Å². The van der Waals surface area contributed by atoms with Crippen LogP contribution in [0.25, 0.3) is 0 Å². The predicted molar refractivity (Wildman–Crippen MR) is 115 cm³/mol. The molecular formula is C20H20N7O6Rf3-3. The fourth-order valence-corrected chi connectivity index (χ4v) is 3.08. The Bertz CT molecular complexity index is 1180.